The Morgan fingerprint density at radius 3 is 2.80 bits per heavy atom. The van der Waals surface area contributed by atoms with E-state index in [0.29, 0.717) is 17.4 Å². The largest absolute Gasteiger partial charge is 0.339 e. The Bertz CT molecular complexity index is 748. The van der Waals surface area contributed by atoms with Gasteiger partial charge in [0.15, 0.2) is 0 Å². The molecule has 0 bridgehead atoms. The van der Waals surface area contributed by atoms with Crippen molar-refractivity contribution < 1.29 is 9.59 Å². The van der Waals surface area contributed by atoms with Crippen LogP contribution in [0.1, 0.15) is 25.3 Å². The van der Waals surface area contributed by atoms with Crippen molar-refractivity contribution in [2.24, 2.45) is 5.92 Å². The number of nitrogens with one attached hydrogen (secondary N) is 1. The van der Waals surface area contributed by atoms with Crippen LogP contribution >= 0.6 is 23.1 Å². The van der Waals surface area contributed by atoms with Crippen molar-refractivity contribution in [1.29, 1.82) is 0 Å². The number of likely N-dealkylation sites (tertiary alicyclic amines) is 1. The van der Waals surface area contributed by atoms with Gasteiger partial charge in [-0.25, -0.2) is 0 Å². The van der Waals surface area contributed by atoms with E-state index in [0.717, 1.165) is 5.01 Å². The Hall–Kier alpha value is -1.93. The third kappa shape index (κ3) is 4.58. The summed E-state index contributed by atoms with van der Waals surface area (Å²) in [7, 11) is 0. The van der Waals surface area contributed by atoms with E-state index < -0.39 is 0 Å². The van der Waals surface area contributed by atoms with Gasteiger partial charge in [-0.2, -0.15) is 0 Å². The van der Waals surface area contributed by atoms with Crippen molar-refractivity contribution in [3.8, 4) is 0 Å². The van der Waals surface area contributed by atoms with Crippen LogP contribution in [0, 0.1) is 5.92 Å². The lowest BCUT2D eigenvalue weighted by Gasteiger charge is -2.20. The number of hydrogen-bond acceptors (Lipinski definition) is 6. The standard InChI is InChI=1S/C17H20N4O2S2/c1-11(2)21-9-12(8-15(21)22)16(23)18-17-20-19-14(25-17)10-24-13-6-4-3-5-7-13/h3-7,11-12H,8-10H2,1-2H3,(H,18,20,23)/t12-/m1/s1. The maximum atomic E-state index is 12.4. The summed E-state index contributed by atoms with van der Waals surface area (Å²) in [6.45, 7) is 4.39. The van der Waals surface area contributed by atoms with E-state index in [1.165, 1.54) is 16.2 Å². The average Bonchev–Trinajstić information content (AvgIpc) is 3.20. The molecule has 8 heteroatoms. The minimum atomic E-state index is -0.319. The summed E-state index contributed by atoms with van der Waals surface area (Å²) in [5, 5.41) is 12.3. The summed E-state index contributed by atoms with van der Waals surface area (Å²) < 4.78 is 0. The van der Waals surface area contributed by atoms with Crippen LogP contribution < -0.4 is 5.32 Å². The SMILES string of the molecule is CC(C)N1C[C@H](C(=O)Nc2nnc(CSc3ccccc3)s2)CC1=O. The van der Waals surface area contributed by atoms with Gasteiger partial charge in [0.05, 0.1) is 11.7 Å². The summed E-state index contributed by atoms with van der Waals surface area (Å²) in [6.07, 6.45) is 0.263. The summed E-state index contributed by atoms with van der Waals surface area (Å²) >= 11 is 3.05. The van der Waals surface area contributed by atoms with Crippen LogP contribution in [0.3, 0.4) is 0 Å². The summed E-state index contributed by atoms with van der Waals surface area (Å²) in [5.74, 6) is 0.267. The highest BCUT2D eigenvalue weighted by Crippen LogP contribution is 2.27. The summed E-state index contributed by atoms with van der Waals surface area (Å²) in [5.41, 5.74) is 0. The molecule has 0 spiro atoms. The predicted octanol–water partition coefficient (Wildman–Crippen LogP) is 3.03. The Morgan fingerprint density at radius 2 is 2.12 bits per heavy atom. The van der Waals surface area contributed by atoms with Gasteiger partial charge in [-0.3, -0.25) is 9.59 Å². The Labute approximate surface area is 155 Å². The lowest BCUT2D eigenvalue weighted by Crippen LogP contribution is -2.33. The van der Waals surface area contributed by atoms with Crippen molar-refractivity contribution in [1.82, 2.24) is 15.1 Å². The zero-order chi connectivity index (χ0) is 17.8. The Morgan fingerprint density at radius 1 is 1.36 bits per heavy atom. The van der Waals surface area contributed by atoms with E-state index in [9.17, 15) is 9.59 Å². The number of nitrogens with zero attached hydrogens (tertiary/aromatic N) is 3. The molecule has 1 aromatic carbocycles. The molecule has 0 saturated carbocycles. The Balaban J connectivity index is 1.53. The van der Waals surface area contributed by atoms with Gasteiger partial charge in [0.2, 0.25) is 16.9 Å². The number of carbonyl (C=O) groups excluding carboxylic acids is 2. The van der Waals surface area contributed by atoms with Crippen LogP contribution in [0.2, 0.25) is 0 Å². The van der Waals surface area contributed by atoms with Crippen LogP contribution in [-0.4, -0.2) is 39.5 Å². The first-order valence-corrected chi connectivity index (χ1v) is 9.93. The van der Waals surface area contributed by atoms with Crippen molar-refractivity contribution in [3.63, 3.8) is 0 Å². The van der Waals surface area contributed by atoms with E-state index in [1.807, 2.05) is 44.2 Å². The van der Waals surface area contributed by atoms with Gasteiger partial charge >= 0.3 is 0 Å². The van der Waals surface area contributed by atoms with E-state index >= 15 is 0 Å². The van der Waals surface area contributed by atoms with E-state index in [2.05, 4.69) is 15.5 Å². The molecule has 6 nitrogen and oxygen atoms in total. The summed E-state index contributed by atoms with van der Waals surface area (Å²) in [6, 6.07) is 10.2. The van der Waals surface area contributed by atoms with Crippen LogP contribution in [-0.2, 0) is 15.3 Å². The number of carbonyl (C=O) groups is 2. The van der Waals surface area contributed by atoms with Crippen LogP contribution in [0.5, 0.6) is 0 Å². The normalized spacial score (nSPS) is 17.3. The fourth-order valence-electron chi connectivity index (χ4n) is 2.64. The number of anilines is 1. The Kier molecular flexibility index (Phi) is 5.70. The zero-order valence-electron chi connectivity index (χ0n) is 14.1. The topological polar surface area (TPSA) is 75.2 Å². The lowest BCUT2D eigenvalue weighted by molar-refractivity contribution is -0.129. The molecule has 2 amide bonds. The number of benzene rings is 1. The first-order chi connectivity index (χ1) is 12.0. The average molecular weight is 377 g/mol. The van der Waals surface area contributed by atoms with Gasteiger partial charge in [0, 0.05) is 23.9 Å². The molecule has 1 atom stereocenters. The quantitative estimate of drug-likeness (QED) is 0.785. The van der Waals surface area contributed by atoms with Gasteiger partial charge in [0.1, 0.15) is 5.01 Å². The molecule has 25 heavy (non-hydrogen) atoms. The van der Waals surface area contributed by atoms with Crippen molar-refractivity contribution in [3.05, 3.63) is 35.3 Å². The molecule has 1 aliphatic rings. The molecule has 1 fully saturated rings. The molecule has 1 saturated heterocycles. The minimum Gasteiger partial charge on any atom is -0.339 e. The molecule has 0 radical (unpaired) electrons. The number of hydrogen-bond donors (Lipinski definition) is 1. The maximum Gasteiger partial charge on any atom is 0.231 e. The van der Waals surface area contributed by atoms with Gasteiger partial charge < -0.3 is 10.2 Å². The molecule has 2 heterocycles. The molecule has 1 N–H and O–H groups in total. The molecule has 0 unspecified atom stereocenters. The number of rotatable bonds is 6. The minimum absolute atomic E-state index is 0.0346. The van der Waals surface area contributed by atoms with Gasteiger partial charge in [-0.1, -0.05) is 29.5 Å². The first kappa shape index (κ1) is 17.9. The highest BCUT2D eigenvalue weighted by molar-refractivity contribution is 7.98. The van der Waals surface area contributed by atoms with Gasteiger partial charge in [-0.05, 0) is 26.0 Å². The van der Waals surface area contributed by atoms with Gasteiger partial charge in [-0.15, -0.1) is 22.0 Å². The number of aromatic nitrogens is 2. The second-order valence-corrected chi connectivity index (χ2v) is 8.24. The molecule has 0 aliphatic carbocycles. The monoisotopic (exact) mass is 376 g/mol. The highest BCUT2D eigenvalue weighted by Gasteiger charge is 2.35. The third-order valence-corrected chi connectivity index (χ3v) is 6.00. The van der Waals surface area contributed by atoms with Crippen molar-refractivity contribution in [2.45, 2.75) is 37.0 Å². The molecule has 132 valence electrons. The first-order valence-electron chi connectivity index (χ1n) is 8.13. The lowest BCUT2D eigenvalue weighted by atomic mass is 10.1. The number of thioether (sulfide) groups is 1. The van der Waals surface area contributed by atoms with Crippen molar-refractivity contribution in [2.75, 3.05) is 11.9 Å². The van der Waals surface area contributed by atoms with Gasteiger partial charge in [0.25, 0.3) is 0 Å². The predicted molar refractivity (Wildman–Crippen MR) is 99.5 cm³/mol. The van der Waals surface area contributed by atoms with E-state index in [-0.39, 0.29) is 30.2 Å². The maximum absolute atomic E-state index is 12.4. The molecule has 1 aliphatic heterocycles. The molecule has 3 rings (SSSR count). The second-order valence-electron chi connectivity index (χ2n) is 6.13. The van der Waals surface area contributed by atoms with E-state index in [4.69, 9.17) is 0 Å². The van der Waals surface area contributed by atoms with Crippen LogP contribution in [0.15, 0.2) is 35.2 Å². The zero-order valence-corrected chi connectivity index (χ0v) is 15.8. The fraction of sp³-hybridized carbons (Fsp3) is 0.412. The molecule has 2 aromatic rings. The highest BCUT2D eigenvalue weighted by atomic mass is 32.2. The number of amides is 2. The molecule has 1 aromatic heterocycles. The van der Waals surface area contributed by atoms with E-state index in [1.54, 1.807) is 16.7 Å². The molecular formula is C17H20N4O2S2. The third-order valence-electron chi connectivity index (χ3n) is 3.96. The van der Waals surface area contributed by atoms with Crippen LogP contribution in [0.25, 0.3) is 0 Å². The molecular weight excluding hydrogens is 356 g/mol. The van der Waals surface area contributed by atoms with Crippen molar-refractivity contribution >= 4 is 40.0 Å². The fourth-order valence-corrected chi connectivity index (χ4v) is 4.29. The van der Waals surface area contributed by atoms with Crippen LogP contribution in [0.4, 0.5) is 5.13 Å². The summed E-state index contributed by atoms with van der Waals surface area (Å²) in [4.78, 5) is 27.2. The smallest absolute Gasteiger partial charge is 0.231 e. The second kappa shape index (κ2) is 7.97.